The molecule has 4 rings (SSSR count). The van der Waals surface area contributed by atoms with Crippen molar-refractivity contribution in [2.45, 2.75) is 46.2 Å². The molecule has 0 saturated heterocycles. The second-order valence-corrected chi connectivity index (χ2v) is 9.45. The van der Waals surface area contributed by atoms with Crippen molar-refractivity contribution in [3.05, 3.63) is 89.4 Å². The van der Waals surface area contributed by atoms with E-state index < -0.39 is 0 Å². The summed E-state index contributed by atoms with van der Waals surface area (Å²) in [5, 5.41) is 6.64. The molecule has 0 radical (unpaired) electrons. The first-order valence-corrected chi connectivity index (χ1v) is 11.2. The third-order valence-electron chi connectivity index (χ3n) is 5.71. The van der Waals surface area contributed by atoms with Crippen LogP contribution in [0.15, 0.2) is 67.1 Å². The topological polar surface area (TPSA) is 88.9 Å². The number of nitrogens with one attached hydrogen (secondary N) is 2. The van der Waals surface area contributed by atoms with Gasteiger partial charge in [-0.05, 0) is 70.5 Å². The molecule has 3 aromatic heterocycles. The standard InChI is InChI=1S/C27H29N5O2/c1-17-8-10-19(11-9-17)25(33)31-23-13-12-21-22(16-32(24(21)30-23)27(3,4)5)26(34)29-18(2)20-7-6-14-28-15-20/h6-16,18H,1-5H3,(H,29,34)(H,30,31,33). The maximum absolute atomic E-state index is 13.2. The Kier molecular flexibility index (Phi) is 6.20. The van der Waals surface area contributed by atoms with E-state index in [2.05, 4.69) is 15.6 Å². The highest BCUT2D eigenvalue weighted by atomic mass is 16.2. The number of benzene rings is 1. The molecule has 34 heavy (non-hydrogen) atoms. The maximum Gasteiger partial charge on any atom is 0.256 e. The molecule has 1 unspecified atom stereocenters. The van der Waals surface area contributed by atoms with Gasteiger partial charge in [0.15, 0.2) is 0 Å². The lowest BCUT2D eigenvalue weighted by molar-refractivity contribution is 0.0940. The Bertz CT molecular complexity index is 1340. The van der Waals surface area contributed by atoms with Crippen molar-refractivity contribution in [2.75, 3.05) is 5.32 Å². The number of carbonyl (C=O) groups excluding carboxylic acids is 2. The monoisotopic (exact) mass is 455 g/mol. The van der Waals surface area contributed by atoms with Crippen LogP contribution in [-0.2, 0) is 5.54 Å². The van der Waals surface area contributed by atoms with Crippen molar-refractivity contribution in [2.24, 2.45) is 0 Å². The maximum atomic E-state index is 13.2. The van der Waals surface area contributed by atoms with Crippen molar-refractivity contribution < 1.29 is 9.59 Å². The Morgan fingerprint density at radius 3 is 2.38 bits per heavy atom. The SMILES string of the molecule is Cc1ccc(C(=O)Nc2ccc3c(C(=O)NC(C)c4cccnc4)cn(C(C)(C)C)c3n2)cc1. The molecular formula is C27H29N5O2. The number of aromatic nitrogens is 3. The second-order valence-electron chi connectivity index (χ2n) is 9.45. The zero-order valence-electron chi connectivity index (χ0n) is 20.1. The van der Waals surface area contributed by atoms with E-state index in [-0.39, 0.29) is 23.4 Å². The molecular weight excluding hydrogens is 426 g/mol. The van der Waals surface area contributed by atoms with Gasteiger partial charge in [-0.3, -0.25) is 14.6 Å². The molecule has 1 atom stereocenters. The number of amides is 2. The van der Waals surface area contributed by atoms with Crippen LogP contribution in [0.4, 0.5) is 5.82 Å². The molecule has 0 fully saturated rings. The summed E-state index contributed by atoms with van der Waals surface area (Å²) in [5.41, 5.74) is 3.41. The van der Waals surface area contributed by atoms with E-state index in [0.717, 1.165) is 16.5 Å². The molecule has 0 aliphatic carbocycles. The molecule has 0 aliphatic heterocycles. The van der Waals surface area contributed by atoms with Gasteiger partial charge in [0.1, 0.15) is 11.5 Å². The van der Waals surface area contributed by atoms with Gasteiger partial charge in [0.25, 0.3) is 11.8 Å². The van der Waals surface area contributed by atoms with Crippen molar-refractivity contribution in [1.82, 2.24) is 19.9 Å². The lowest BCUT2D eigenvalue weighted by atomic mass is 10.1. The summed E-state index contributed by atoms with van der Waals surface area (Å²) in [7, 11) is 0. The summed E-state index contributed by atoms with van der Waals surface area (Å²) >= 11 is 0. The molecule has 0 aliphatic rings. The number of rotatable bonds is 5. The minimum absolute atomic E-state index is 0.192. The van der Waals surface area contributed by atoms with Crippen LogP contribution in [0.5, 0.6) is 0 Å². The molecule has 0 spiro atoms. The summed E-state index contributed by atoms with van der Waals surface area (Å²) < 4.78 is 1.97. The third kappa shape index (κ3) is 4.83. The van der Waals surface area contributed by atoms with Crippen molar-refractivity contribution in [3.8, 4) is 0 Å². The Balaban J connectivity index is 1.66. The summed E-state index contributed by atoms with van der Waals surface area (Å²) in [6.07, 6.45) is 5.28. The van der Waals surface area contributed by atoms with Crippen LogP contribution >= 0.6 is 0 Å². The van der Waals surface area contributed by atoms with Gasteiger partial charge in [-0.1, -0.05) is 23.8 Å². The number of nitrogens with zero attached hydrogens (tertiary/aromatic N) is 3. The van der Waals surface area contributed by atoms with Crippen LogP contribution in [0, 0.1) is 6.92 Å². The molecule has 3 heterocycles. The molecule has 174 valence electrons. The quantitative estimate of drug-likeness (QED) is 0.431. The summed E-state index contributed by atoms with van der Waals surface area (Å²) in [6, 6.07) is 14.5. The van der Waals surface area contributed by atoms with Crippen LogP contribution in [0.1, 0.15) is 65.6 Å². The molecule has 2 amide bonds. The number of fused-ring (bicyclic) bond motifs is 1. The summed E-state index contributed by atoms with van der Waals surface area (Å²) in [6.45, 7) is 10.0. The number of aryl methyl sites for hydroxylation is 1. The van der Waals surface area contributed by atoms with Crippen molar-refractivity contribution >= 4 is 28.7 Å². The molecule has 2 N–H and O–H groups in total. The van der Waals surface area contributed by atoms with Gasteiger partial charge in [-0.2, -0.15) is 0 Å². The fraction of sp³-hybridized carbons (Fsp3) is 0.259. The van der Waals surface area contributed by atoms with E-state index in [1.54, 1.807) is 30.6 Å². The highest BCUT2D eigenvalue weighted by Gasteiger charge is 2.24. The van der Waals surface area contributed by atoms with Crippen LogP contribution in [0.3, 0.4) is 0 Å². The smallest absolute Gasteiger partial charge is 0.256 e. The predicted molar refractivity (Wildman–Crippen MR) is 134 cm³/mol. The van der Waals surface area contributed by atoms with Gasteiger partial charge >= 0.3 is 0 Å². The number of anilines is 1. The van der Waals surface area contributed by atoms with Crippen LogP contribution in [0.25, 0.3) is 11.0 Å². The van der Waals surface area contributed by atoms with Gasteiger partial charge in [0, 0.05) is 35.1 Å². The van der Waals surface area contributed by atoms with Crippen LogP contribution < -0.4 is 10.6 Å². The molecule has 7 nitrogen and oxygen atoms in total. The number of carbonyl (C=O) groups is 2. The fourth-order valence-electron chi connectivity index (χ4n) is 3.75. The summed E-state index contributed by atoms with van der Waals surface area (Å²) in [5.74, 6) is 0.00364. The minimum atomic E-state index is -0.321. The van der Waals surface area contributed by atoms with Crippen LogP contribution in [-0.4, -0.2) is 26.3 Å². The highest BCUT2D eigenvalue weighted by Crippen LogP contribution is 2.28. The lowest BCUT2D eigenvalue weighted by Crippen LogP contribution is -2.27. The van der Waals surface area contributed by atoms with Gasteiger partial charge in [-0.25, -0.2) is 4.98 Å². The summed E-state index contributed by atoms with van der Waals surface area (Å²) in [4.78, 5) is 34.7. The van der Waals surface area contributed by atoms with E-state index >= 15 is 0 Å². The first-order chi connectivity index (χ1) is 16.1. The zero-order chi connectivity index (χ0) is 24.5. The molecule has 4 aromatic rings. The second kappa shape index (κ2) is 9.09. The van der Waals surface area contributed by atoms with Gasteiger partial charge in [0.05, 0.1) is 11.6 Å². The number of hydrogen-bond donors (Lipinski definition) is 2. The normalized spacial score (nSPS) is 12.4. The first-order valence-electron chi connectivity index (χ1n) is 11.2. The first kappa shape index (κ1) is 23.2. The molecule has 1 aromatic carbocycles. The van der Waals surface area contributed by atoms with E-state index in [1.165, 1.54) is 0 Å². The van der Waals surface area contributed by atoms with E-state index in [1.807, 2.05) is 75.7 Å². The molecule has 0 bridgehead atoms. The molecule has 0 saturated carbocycles. The average molecular weight is 456 g/mol. The third-order valence-corrected chi connectivity index (χ3v) is 5.71. The Morgan fingerprint density at radius 1 is 1.00 bits per heavy atom. The van der Waals surface area contributed by atoms with E-state index in [9.17, 15) is 9.59 Å². The predicted octanol–water partition coefficient (Wildman–Crippen LogP) is 5.24. The Hall–Kier alpha value is -4.00. The average Bonchev–Trinajstić information content (AvgIpc) is 3.19. The van der Waals surface area contributed by atoms with Crippen molar-refractivity contribution in [3.63, 3.8) is 0 Å². The lowest BCUT2D eigenvalue weighted by Gasteiger charge is -2.22. The highest BCUT2D eigenvalue weighted by molar-refractivity contribution is 6.08. The van der Waals surface area contributed by atoms with Gasteiger partial charge < -0.3 is 15.2 Å². The molecule has 7 heteroatoms. The number of hydrogen-bond acceptors (Lipinski definition) is 4. The van der Waals surface area contributed by atoms with E-state index in [4.69, 9.17) is 4.98 Å². The van der Waals surface area contributed by atoms with Gasteiger partial charge in [-0.15, -0.1) is 0 Å². The Labute approximate surface area is 199 Å². The largest absolute Gasteiger partial charge is 0.345 e. The zero-order valence-corrected chi connectivity index (χ0v) is 20.1. The van der Waals surface area contributed by atoms with Crippen molar-refractivity contribution in [1.29, 1.82) is 0 Å². The van der Waals surface area contributed by atoms with Gasteiger partial charge in [0.2, 0.25) is 0 Å². The fourth-order valence-corrected chi connectivity index (χ4v) is 3.75. The Morgan fingerprint density at radius 2 is 1.74 bits per heavy atom. The van der Waals surface area contributed by atoms with E-state index in [0.29, 0.717) is 22.6 Å². The van der Waals surface area contributed by atoms with Crippen LogP contribution in [0.2, 0.25) is 0 Å². The number of pyridine rings is 2. The minimum Gasteiger partial charge on any atom is -0.345 e.